The van der Waals surface area contributed by atoms with Crippen LogP contribution in [0.5, 0.6) is 0 Å². The van der Waals surface area contributed by atoms with E-state index in [0.29, 0.717) is 0 Å². The molecule has 1 N–H and O–H groups in total. The molecule has 20 heavy (non-hydrogen) atoms. The summed E-state index contributed by atoms with van der Waals surface area (Å²) in [5, 5.41) is 4.37. The fraction of sp³-hybridized carbons (Fsp3) is 0.333. The molecule has 1 atom stereocenters. The molecule has 1 aliphatic carbocycles. The van der Waals surface area contributed by atoms with Gasteiger partial charge in [0, 0.05) is 17.6 Å². The number of halogens is 1. The van der Waals surface area contributed by atoms with Gasteiger partial charge in [0.2, 0.25) is 0 Å². The maximum atomic E-state index is 6.22. The van der Waals surface area contributed by atoms with Crippen LogP contribution >= 0.6 is 11.6 Å². The van der Waals surface area contributed by atoms with Crippen molar-refractivity contribution >= 4 is 11.6 Å². The molecule has 104 valence electrons. The molecule has 2 aromatic carbocycles. The number of hydrogen-bond acceptors (Lipinski definition) is 1. The van der Waals surface area contributed by atoms with Gasteiger partial charge < -0.3 is 5.32 Å². The number of nitrogens with one attached hydrogen (secondary N) is 1. The predicted octanol–water partition coefficient (Wildman–Crippen LogP) is 5.07. The fourth-order valence-corrected chi connectivity index (χ4v) is 2.83. The first-order valence-corrected chi connectivity index (χ1v) is 7.68. The van der Waals surface area contributed by atoms with Crippen molar-refractivity contribution in [2.24, 2.45) is 0 Å². The molecular formula is C18H20ClN. The lowest BCUT2D eigenvalue weighted by Gasteiger charge is -2.16. The second-order valence-electron chi connectivity index (χ2n) is 5.64. The standard InChI is InChI=1S/C18H20ClN/c1-13(17-4-2-3-5-18(17)19)20-12-14-6-8-15(9-7-14)16-10-11-16/h2-9,13,16,20H,10-12H2,1H3/t13-/m1/s1. The van der Waals surface area contributed by atoms with Crippen molar-refractivity contribution in [1.29, 1.82) is 0 Å². The van der Waals surface area contributed by atoms with Crippen LogP contribution in [0.1, 0.15) is 48.4 Å². The van der Waals surface area contributed by atoms with Gasteiger partial charge >= 0.3 is 0 Å². The highest BCUT2D eigenvalue weighted by atomic mass is 35.5. The quantitative estimate of drug-likeness (QED) is 0.809. The van der Waals surface area contributed by atoms with E-state index < -0.39 is 0 Å². The minimum absolute atomic E-state index is 0.256. The largest absolute Gasteiger partial charge is 0.306 e. The summed E-state index contributed by atoms with van der Waals surface area (Å²) in [7, 11) is 0. The van der Waals surface area contributed by atoms with Crippen LogP contribution in [0.4, 0.5) is 0 Å². The van der Waals surface area contributed by atoms with Crippen LogP contribution in [-0.4, -0.2) is 0 Å². The summed E-state index contributed by atoms with van der Waals surface area (Å²) in [5.41, 5.74) is 3.98. The average molecular weight is 286 g/mol. The Hall–Kier alpha value is -1.31. The van der Waals surface area contributed by atoms with E-state index in [1.54, 1.807) is 0 Å². The van der Waals surface area contributed by atoms with Crippen LogP contribution in [0.2, 0.25) is 5.02 Å². The minimum atomic E-state index is 0.256. The Labute approximate surface area is 126 Å². The van der Waals surface area contributed by atoms with Crippen LogP contribution in [0, 0.1) is 0 Å². The number of rotatable bonds is 5. The molecule has 0 aromatic heterocycles. The molecule has 2 heteroatoms. The Bertz CT molecular complexity index is 572. The summed E-state index contributed by atoms with van der Waals surface area (Å²) in [6, 6.07) is 17.3. The van der Waals surface area contributed by atoms with Crippen molar-refractivity contribution in [2.45, 2.75) is 38.3 Å². The first-order valence-electron chi connectivity index (χ1n) is 7.30. The van der Waals surface area contributed by atoms with E-state index in [9.17, 15) is 0 Å². The maximum Gasteiger partial charge on any atom is 0.0453 e. The third kappa shape index (κ3) is 3.23. The highest BCUT2D eigenvalue weighted by Crippen LogP contribution is 2.39. The van der Waals surface area contributed by atoms with Gasteiger partial charge in [-0.05, 0) is 48.4 Å². The van der Waals surface area contributed by atoms with Crippen molar-refractivity contribution in [3.05, 3.63) is 70.2 Å². The van der Waals surface area contributed by atoms with E-state index in [0.717, 1.165) is 23.0 Å². The third-order valence-electron chi connectivity index (χ3n) is 4.01. The van der Waals surface area contributed by atoms with Crippen molar-refractivity contribution in [2.75, 3.05) is 0 Å². The first-order chi connectivity index (χ1) is 9.74. The minimum Gasteiger partial charge on any atom is -0.306 e. The van der Waals surface area contributed by atoms with Crippen LogP contribution in [-0.2, 0) is 6.54 Å². The summed E-state index contributed by atoms with van der Waals surface area (Å²) in [4.78, 5) is 0. The molecule has 0 aliphatic heterocycles. The molecule has 0 amide bonds. The van der Waals surface area contributed by atoms with Gasteiger partial charge in [-0.3, -0.25) is 0 Å². The number of hydrogen-bond donors (Lipinski definition) is 1. The lowest BCUT2D eigenvalue weighted by molar-refractivity contribution is 0.575. The van der Waals surface area contributed by atoms with Crippen molar-refractivity contribution in [3.63, 3.8) is 0 Å². The lowest BCUT2D eigenvalue weighted by Crippen LogP contribution is -2.18. The van der Waals surface area contributed by atoms with Gasteiger partial charge in [-0.25, -0.2) is 0 Å². The molecule has 1 nitrogen and oxygen atoms in total. The SMILES string of the molecule is C[C@@H](NCc1ccc(C2CC2)cc1)c1ccccc1Cl. The molecule has 1 saturated carbocycles. The Kier molecular flexibility index (Phi) is 4.09. The highest BCUT2D eigenvalue weighted by molar-refractivity contribution is 6.31. The van der Waals surface area contributed by atoms with Gasteiger partial charge in [0.25, 0.3) is 0 Å². The van der Waals surface area contributed by atoms with Gasteiger partial charge in [0.1, 0.15) is 0 Å². The van der Waals surface area contributed by atoms with E-state index in [4.69, 9.17) is 11.6 Å². The molecule has 3 rings (SSSR count). The van der Waals surface area contributed by atoms with Crippen LogP contribution in [0.15, 0.2) is 48.5 Å². The van der Waals surface area contributed by atoms with Gasteiger partial charge in [-0.2, -0.15) is 0 Å². The van der Waals surface area contributed by atoms with Crippen LogP contribution in [0.3, 0.4) is 0 Å². The van der Waals surface area contributed by atoms with Gasteiger partial charge in [-0.15, -0.1) is 0 Å². The molecule has 2 aromatic rings. The molecule has 0 radical (unpaired) electrons. The Morgan fingerprint density at radius 1 is 1.10 bits per heavy atom. The van der Waals surface area contributed by atoms with Crippen molar-refractivity contribution in [3.8, 4) is 0 Å². The monoisotopic (exact) mass is 285 g/mol. The zero-order valence-electron chi connectivity index (χ0n) is 11.8. The van der Waals surface area contributed by atoms with Crippen LogP contribution < -0.4 is 5.32 Å². The fourth-order valence-electron chi connectivity index (χ4n) is 2.53. The molecule has 0 spiro atoms. The van der Waals surface area contributed by atoms with Gasteiger partial charge in [0.15, 0.2) is 0 Å². The average Bonchev–Trinajstić information content (AvgIpc) is 3.30. The van der Waals surface area contributed by atoms with Crippen molar-refractivity contribution in [1.82, 2.24) is 5.32 Å². The summed E-state index contributed by atoms with van der Waals surface area (Å²) >= 11 is 6.22. The normalized spacial score (nSPS) is 16.1. The molecule has 1 fully saturated rings. The Morgan fingerprint density at radius 2 is 1.80 bits per heavy atom. The lowest BCUT2D eigenvalue weighted by atomic mass is 10.1. The van der Waals surface area contributed by atoms with Gasteiger partial charge in [-0.1, -0.05) is 54.1 Å². The Morgan fingerprint density at radius 3 is 2.45 bits per heavy atom. The van der Waals surface area contributed by atoms with E-state index in [1.165, 1.54) is 24.0 Å². The molecule has 1 aliphatic rings. The van der Waals surface area contributed by atoms with Gasteiger partial charge in [0.05, 0.1) is 0 Å². The molecule has 0 heterocycles. The van der Waals surface area contributed by atoms with Crippen molar-refractivity contribution < 1.29 is 0 Å². The molecule has 0 unspecified atom stereocenters. The zero-order valence-corrected chi connectivity index (χ0v) is 12.5. The first kappa shape index (κ1) is 13.7. The molecular weight excluding hydrogens is 266 g/mol. The van der Waals surface area contributed by atoms with Crippen LogP contribution in [0.25, 0.3) is 0 Å². The predicted molar refractivity (Wildman–Crippen MR) is 85.1 cm³/mol. The highest BCUT2D eigenvalue weighted by Gasteiger charge is 2.22. The van der Waals surface area contributed by atoms with E-state index in [-0.39, 0.29) is 6.04 Å². The number of benzene rings is 2. The summed E-state index contributed by atoms with van der Waals surface area (Å²) < 4.78 is 0. The summed E-state index contributed by atoms with van der Waals surface area (Å²) in [6.07, 6.45) is 2.72. The second-order valence-corrected chi connectivity index (χ2v) is 6.05. The zero-order chi connectivity index (χ0) is 13.9. The van der Waals surface area contributed by atoms with E-state index in [2.05, 4.69) is 42.6 Å². The second kappa shape index (κ2) is 5.99. The maximum absolute atomic E-state index is 6.22. The Balaban J connectivity index is 1.59. The topological polar surface area (TPSA) is 12.0 Å². The molecule has 0 saturated heterocycles. The summed E-state index contributed by atoms with van der Waals surface area (Å²) in [6.45, 7) is 3.02. The smallest absolute Gasteiger partial charge is 0.0453 e. The summed E-state index contributed by atoms with van der Waals surface area (Å²) in [5.74, 6) is 0.832. The third-order valence-corrected chi connectivity index (χ3v) is 4.36. The van der Waals surface area contributed by atoms with E-state index in [1.807, 2.05) is 18.2 Å². The molecule has 0 bridgehead atoms. The van der Waals surface area contributed by atoms with E-state index >= 15 is 0 Å².